The molecule has 0 atom stereocenters. The zero-order valence-electron chi connectivity index (χ0n) is 19.5. The standard InChI is InChI=1S/C26H26F2N6S/c1-4-19(29)18(24(28)15(3)17-10-16(12-30-5-2)13-31-14-17)11-23-33-20-8-9-32-26(25(20)34-23)21-6-7-22(27)35-21/h4,6-10,13-14,30H,3,5,11-12,29H2,1-2H3,(H,33,34)/b19-4+,24-18+. The van der Waals surface area contributed by atoms with Crippen LogP contribution in [0.1, 0.15) is 30.8 Å². The average molecular weight is 493 g/mol. The van der Waals surface area contributed by atoms with E-state index >= 15 is 4.39 Å². The van der Waals surface area contributed by atoms with Gasteiger partial charge in [-0.1, -0.05) is 19.6 Å². The molecule has 9 heteroatoms. The largest absolute Gasteiger partial charge is 0.399 e. The first kappa shape index (κ1) is 24.4. The van der Waals surface area contributed by atoms with Gasteiger partial charge in [-0.15, -0.1) is 11.3 Å². The van der Waals surface area contributed by atoms with Crippen molar-refractivity contribution >= 4 is 27.9 Å². The molecule has 4 aromatic heterocycles. The number of rotatable bonds is 9. The SMILES string of the molecule is C=C(/C(F)=C(Cc1nc2c(-c3ccc(F)s3)nccc2[nH]1)\C(N)=C/C)c1cncc(CNCC)c1. The number of thiophene rings is 1. The predicted octanol–water partition coefficient (Wildman–Crippen LogP) is 5.67. The van der Waals surface area contributed by atoms with Crippen molar-refractivity contribution < 1.29 is 8.78 Å². The van der Waals surface area contributed by atoms with Crippen molar-refractivity contribution in [1.29, 1.82) is 0 Å². The molecule has 4 aromatic rings. The van der Waals surface area contributed by atoms with Crippen LogP contribution >= 0.6 is 11.3 Å². The van der Waals surface area contributed by atoms with Crippen LogP contribution in [-0.4, -0.2) is 26.5 Å². The maximum absolute atomic E-state index is 15.8. The Balaban J connectivity index is 1.70. The number of nitrogens with two attached hydrogens (primary N) is 1. The summed E-state index contributed by atoms with van der Waals surface area (Å²) >= 11 is 0.996. The van der Waals surface area contributed by atoms with Gasteiger partial charge in [0, 0.05) is 54.0 Å². The summed E-state index contributed by atoms with van der Waals surface area (Å²) in [6.07, 6.45) is 6.70. The summed E-state index contributed by atoms with van der Waals surface area (Å²) in [5.41, 5.74) is 10.3. The van der Waals surface area contributed by atoms with E-state index in [4.69, 9.17) is 5.73 Å². The Kier molecular flexibility index (Phi) is 7.48. The molecule has 4 rings (SSSR count). The quantitative estimate of drug-likeness (QED) is 0.262. The fraction of sp³-hybridized carbons (Fsp3) is 0.192. The van der Waals surface area contributed by atoms with Gasteiger partial charge in [-0.25, -0.2) is 9.37 Å². The molecule has 0 aliphatic carbocycles. The van der Waals surface area contributed by atoms with E-state index in [-0.39, 0.29) is 22.7 Å². The molecule has 0 fully saturated rings. The van der Waals surface area contributed by atoms with E-state index in [9.17, 15) is 4.39 Å². The van der Waals surface area contributed by atoms with Gasteiger partial charge in [0.1, 0.15) is 22.9 Å². The lowest BCUT2D eigenvalue weighted by atomic mass is 9.99. The van der Waals surface area contributed by atoms with Crippen LogP contribution in [0, 0.1) is 5.13 Å². The summed E-state index contributed by atoms with van der Waals surface area (Å²) in [6, 6.07) is 6.70. The van der Waals surface area contributed by atoms with Crippen molar-refractivity contribution in [1.82, 2.24) is 25.3 Å². The third kappa shape index (κ3) is 5.36. The highest BCUT2D eigenvalue weighted by Gasteiger charge is 2.19. The van der Waals surface area contributed by atoms with Gasteiger partial charge in [-0.05, 0) is 43.3 Å². The number of H-pyrrole nitrogens is 1. The highest BCUT2D eigenvalue weighted by atomic mass is 32.1. The molecule has 0 saturated carbocycles. The van der Waals surface area contributed by atoms with E-state index in [1.807, 2.05) is 13.0 Å². The van der Waals surface area contributed by atoms with Gasteiger partial charge in [0.25, 0.3) is 0 Å². The van der Waals surface area contributed by atoms with Gasteiger partial charge in [0.05, 0.1) is 10.4 Å². The highest BCUT2D eigenvalue weighted by Crippen LogP contribution is 2.32. The van der Waals surface area contributed by atoms with E-state index in [1.54, 1.807) is 43.7 Å². The molecule has 0 aliphatic heterocycles. The number of hydrogen-bond donors (Lipinski definition) is 3. The Labute approximate surface area is 206 Å². The van der Waals surface area contributed by atoms with E-state index < -0.39 is 5.83 Å². The predicted molar refractivity (Wildman–Crippen MR) is 138 cm³/mol. The molecule has 35 heavy (non-hydrogen) atoms. The van der Waals surface area contributed by atoms with Crippen molar-refractivity contribution in [2.45, 2.75) is 26.8 Å². The average Bonchev–Trinajstić information content (AvgIpc) is 3.50. The molecule has 0 radical (unpaired) electrons. The minimum atomic E-state index is -0.526. The van der Waals surface area contributed by atoms with E-state index in [2.05, 4.69) is 31.8 Å². The Morgan fingerprint density at radius 3 is 2.83 bits per heavy atom. The minimum Gasteiger partial charge on any atom is -0.399 e. The maximum Gasteiger partial charge on any atom is 0.177 e. The van der Waals surface area contributed by atoms with Crippen LogP contribution in [0.15, 0.2) is 72.6 Å². The molecule has 0 aliphatic rings. The van der Waals surface area contributed by atoms with E-state index in [1.165, 1.54) is 6.07 Å². The number of nitrogens with zero attached hydrogens (tertiary/aromatic N) is 3. The molecule has 180 valence electrons. The molecular formula is C26H26F2N6S. The first-order valence-electron chi connectivity index (χ1n) is 11.2. The van der Waals surface area contributed by atoms with Gasteiger partial charge < -0.3 is 16.0 Å². The summed E-state index contributed by atoms with van der Waals surface area (Å²) in [4.78, 5) is 17.1. The third-order valence-electron chi connectivity index (χ3n) is 5.51. The van der Waals surface area contributed by atoms with Crippen LogP contribution in [0.25, 0.3) is 27.2 Å². The number of allylic oxidation sites excluding steroid dienone is 4. The molecule has 0 bridgehead atoms. The molecule has 0 unspecified atom stereocenters. The van der Waals surface area contributed by atoms with Crippen molar-refractivity contribution in [3.05, 3.63) is 94.7 Å². The first-order valence-corrected chi connectivity index (χ1v) is 12.0. The van der Waals surface area contributed by atoms with Crippen LogP contribution in [-0.2, 0) is 13.0 Å². The second kappa shape index (κ2) is 10.7. The number of fused-ring (bicyclic) bond motifs is 1. The van der Waals surface area contributed by atoms with Gasteiger partial charge in [0.2, 0.25) is 0 Å². The van der Waals surface area contributed by atoms with Crippen LogP contribution in [0.4, 0.5) is 8.78 Å². The van der Waals surface area contributed by atoms with Crippen LogP contribution < -0.4 is 11.1 Å². The van der Waals surface area contributed by atoms with Gasteiger partial charge >= 0.3 is 0 Å². The number of aromatic nitrogens is 4. The lowest BCUT2D eigenvalue weighted by molar-refractivity contribution is 0.656. The Morgan fingerprint density at radius 1 is 1.29 bits per heavy atom. The number of nitrogens with one attached hydrogen (secondary N) is 2. The zero-order valence-corrected chi connectivity index (χ0v) is 20.3. The van der Waals surface area contributed by atoms with Crippen molar-refractivity contribution in [2.24, 2.45) is 5.73 Å². The lowest BCUT2D eigenvalue weighted by Crippen LogP contribution is -2.12. The van der Waals surface area contributed by atoms with Crippen LogP contribution in [0.3, 0.4) is 0 Å². The number of imidazole rings is 1. The molecular weight excluding hydrogens is 466 g/mol. The highest BCUT2D eigenvalue weighted by molar-refractivity contribution is 7.13. The van der Waals surface area contributed by atoms with Gasteiger partial charge in [-0.2, -0.15) is 4.39 Å². The second-order valence-electron chi connectivity index (χ2n) is 7.90. The molecule has 0 amide bonds. The fourth-order valence-corrected chi connectivity index (χ4v) is 4.40. The summed E-state index contributed by atoms with van der Waals surface area (Å²) in [5.74, 6) is -0.0183. The monoisotopic (exact) mass is 492 g/mol. The number of hydrogen-bond acceptors (Lipinski definition) is 6. The molecule has 0 spiro atoms. The summed E-state index contributed by atoms with van der Waals surface area (Å²) in [5, 5.41) is 2.93. The molecule has 6 nitrogen and oxygen atoms in total. The zero-order chi connectivity index (χ0) is 24.9. The Morgan fingerprint density at radius 2 is 2.11 bits per heavy atom. The number of halogens is 2. The van der Waals surface area contributed by atoms with Crippen molar-refractivity contribution in [2.75, 3.05) is 6.54 Å². The first-order chi connectivity index (χ1) is 16.9. The third-order valence-corrected chi connectivity index (χ3v) is 6.39. The van der Waals surface area contributed by atoms with Gasteiger partial charge in [-0.3, -0.25) is 9.97 Å². The van der Waals surface area contributed by atoms with Crippen molar-refractivity contribution in [3.63, 3.8) is 0 Å². The molecule has 0 saturated heterocycles. The smallest absolute Gasteiger partial charge is 0.177 e. The maximum atomic E-state index is 15.8. The normalized spacial score (nSPS) is 12.7. The Bertz CT molecular complexity index is 1430. The van der Waals surface area contributed by atoms with Crippen LogP contribution in [0.5, 0.6) is 0 Å². The second-order valence-corrected chi connectivity index (χ2v) is 8.93. The molecule has 4 heterocycles. The van der Waals surface area contributed by atoms with Crippen LogP contribution in [0.2, 0.25) is 0 Å². The summed E-state index contributed by atoms with van der Waals surface area (Å²) < 4.78 is 29.4. The fourth-order valence-electron chi connectivity index (χ4n) is 3.67. The van der Waals surface area contributed by atoms with Crippen molar-refractivity contribution in [3.8, 4) is 10.6 Å². The number of pyridine rings is 2. The Hall–Kier alpha value is -3.69. The topological polar surface area (TPSA) is 92.5 Å². The summed E-state index contributed by atoms with van der Waals surface area (Å²) in [7, 11) is 0. The number of aromatic amines is 1. The summed E-state index contributed by atoms with van der Waals surface area (Å²) in [6.45, 7) is 9.18. The van der Waals surface area contributed by atoms with E-state index in [0.29, 0.717) is 39.7 Å². The van der Waals surface area contributed by atoms with E-state index in [0.717, 1.165) is 29.0 Å². The lowest BCUT2D eigenvalue weighted by Gasteiger charge is -2.12. The molecule has 0 aromatic carbocycles. The molecule has 4 N–H and O–H groups in total. The van der Waals surface area contributed by atoms with Gasteiger partial charge in [0.15, 0.2) is 5.13 Å². The minimum absolute atomic E-state index is 0.110.